The molecule has 0 saturated heterocycles. The summed E-state index contributed by atoms with van der Waals surface area (Å²) in [6.45, 7) is 4.32. The molecule has 2 unspecified atom stereocenters. The molecule has 0 aromatic heterocycles. The fraction of sp³-hybridized carbons (Fsp3) is 0.600. The van der Waals surface area contributed by atoms with E-state index in [0.717, 1.165) is 18.9 Å². The van der Waals surface area contributed by atoms with Crippen LogP contribution in [0.3, 0.4) is 0 Å². The lowest BCUT2D eigenvalue weighted by molar-refractivity contribution is -0.137. The quantitative estimate of drug-likeness (QED) is 0.721. The summed E-state index contributed by atoms with van der Waals surface area (Å²) in [6, 6.07) is 3.98. The number of hydrogen-bond acceptors (Lipinski definition) is 1. The molecule has 0 spiro atoms. The standard InChI is InChI=1S/C15H19BrF3N/c1-9-4-3-5-10(2)14(9)20-13-8-11(15(17,18)19)6-7-12(13)16/h6-10,14,20H,3-5H2,1-2H3. The molecule has 2 rings (SSSR count). The molecule has 0 amide bonds. The first-order valence-electron chi connectivity index (χ1n) is 6.92. The molecular weight excluding hydrogens is 331 g/mol. The zero-order chi connectivity index (χ0) is 14.9. The summed E-state index contributed by atoms with van der Waals surface area (Å²) in [5.41, 5.74) is -0.0789. The second-order valence-corrected chi connectivity index (χ2v) is 6.60. The number of anilines is 1. The maximum absolute atomic E-state index is 12.8. The molecule has 0 heterocycles. The zero-order valence-corrected chi connectivity index (χ0v) is 13.2. The molecule has 5 heteroatoms. The maximum atomic E-state index is 12.8. The Kier molecular flexibility index (Phi) is 4.67. The van der Waals surface area contributed by atoms with Gasteiger partial charge in [0, 0.05) is 16.2 Å². The minimum atomic E-state index is -4.30. The number of rotatable bonds is 2. The van der Waals surface area contributed by atoms with Gasteiger partial charge in [0.05, 0.1) is 5.56 Å². The van der Waals surface area contributed by atoms with E-state index in [-0.39, 0.29) is 6.04 Å². The summed E-state index contributed by atoms with van der Waals surface area (Å²) in [4.78, 5) is 0. The molecule has 1 aromatic carbocycles. The molecule has 20 heavy (non-hydrogen) atoms. The molecule has 1 aromatic rings. The molecule has 0 radical (unpaired) electrons. The Labute approximate surface area is 126 Å². The Morgan fingerprint density at radius 2 is 1.75 bits per heavy atom. The van der Waals surface area contributed by atoms with Gasteiger partial charge >= 0.3 is 6.18 Å². The van der Waals surface area contributed by atoms with Gasteiger partial charge in [-0.2, -0.15) is 13.2 Å². The Morgan fingerprint density at radius 3 is 2.30 bits per heavy atom. The van der Waals surface area contributed by atoms with Crippen LogP contribution in [0.5, 0.6) is 0 Å². The summed E-state index contributed by atoms with van der Waals surface area (Å²) < 4.78 is 39.0. The minimum absolute atomic E-state index is 0.225. The average molecular weight is 350 g/mol. The fourth-order valence-electron chi connectivity index (χ4n) is 2.96. The second kappa shape index (κ2) is 5.96. The van der Waals surface area contributed by atoms with Crippen LogP contribution in [-0.2, 0) is 6.18 Å². The number of benzene rings is 1. The van der Waals surface area contributed by atoms with E-state index >= 15 is 0 Å². The SMILES string of the molecule is CC1CCCC(C)C1Nc1cc(C(F)(F)F)ccc1Br. The monoisotopic (exact) mass is 349 g/mol. The van der Waals surface area contributed by atoms with Crippen molar-refractivity contribution in [1.29, 1.82) is 0 Å². The van der Waals surface area contributed by atoms with E-state index in [0.29, 0.717) is 22.0 Å². The predicted molar refractivity (Wildman–Crippen MR) is 78.7 cm³/mol. The van der Waals surface area contributed by atoms with Crippen molar-refractivity contribution in [2.75, 3.05) is 5.32 Å². The third-order valence-corrected chi connectivity index (χ3v) is 4.85. The molecule has 2 atom stereocenters. The van der Waals surface area contributed by atoms with Crippen molar-refractivity contribution in [1.82, 2.24) is 0 Å². The van der Waals surface area contributed by atoms with Gasteiger partial charge in [0.1, 0.15) is 0 Å². The molecule has 1 N–H and O–H groups in total. The molecule has 0 bridgehead atoms. The lowest BCUT2D eigenvalue weighted by atomic mass is 9.78. The third kappa shape index (κ3) is 3.48. The number of halogens is 4. The van der Waals surface area contributed by atoms with Crippen molar-refractivity contribution < 1.29 is 13.2 Å². The van der Waals surface area contributed by atoms with Gasteiger partial charge in [-0.05, 0) is 58.8 Å². The highest BCUT2D eigenvalue weighted by Gasteiger charge is 2.32. The van der Waals surface area contributed by atoms with E-state index in [1.165, 1.54) is 18.6 Å². The van der Waals surface area contributed by atoms with Crippen LogP contribution in [0, 0.1) is 11.8 Å². The van der Waals surface area contributed by atoms with Gasteiger partial charge in [0.25, 0.3) is 0 Å². The highest BCUT2D eigenvalue weighted by atomic mass is 79.9. The van der Waals surface area contributed by atoms with Crippen molar-refractivity contribution in [2.24, 2.45) is 11.8 Å². The van der Waals surface area contributed by atoms with Gasteiger partial charge in [0.15, 0.2) is 0 Å². The van der Waals surface area contributed by atoms with Crippen molar-refractivity contribution in [3.05, 3.63) is 28.2 Å². The molecule has 0 aliphatic heterocycles. The summed E-state index contributed by atoms with van der Waals surface area (Å²) in [7, 11) is 0. The minimum Gasteiger partial charge on any atom is -0.381 e. The maximum Gasteiger partial charge on any atom is 0.416 e. The smallest absolute Gasteiger partial charge is 0.381 e. The van der Waals surface area contributed by atoms with Crippen molar-refractivity contribution in [2.45, 2.75) is 45.3 Å². The van der Waals surface area contributed by atoms with Gasteiger partial charge < -0.3 is 5.32 Å². The van der Waals surface area contributed by atoms with E-state index in [2.05, 4.69) is 35.1 Å². The van der Waals surface area contributed by atoms with Crippen LogP contribution in [0.1, 0.15) is 38.7 Å². The molecule has 1 nitrogen and oxygen atoms in total. The van der Waals surface area contributed by atoms with Gasteiger partial charge in [-0.25, -0.2) is 0 Å². The Balaban J connectivity index is 2.24. The van der Waals surface area contributed by atoms with Crippen LogP contribution in [0.4, 0.5) is 18.9 Å². The summed E-state index contributed by atoms with van der Waals surface area (Å²) >= 11 is 3.33. The first-order valence-corrected chi connectivity index (χ1v) is 7.71. The van der Waals surface area contributed by atoms with E-state index in [9.17, 15) is 13.2 Å². The average Bonchev–Trinajstić information content (AvgIpc) is 2.34. The number of alkyl halides is 3. The van der Waals surface area contributed by atoms with E-state index in [1.807, 2.05) is 0 Å². The molecular formula is C15H19BrF3N. The molecule has 1 aliphatic carbocycles. The summed E-state index contributed by atoms with van der Waals surface area (Å²) in [6.07, 6.45) is -0.859. The first kappa shape index (κ1) is 15.7. The van der Waals surface area contributed by atoms with E-state index in [1.54, 1.807) is 0 Å². The highest BCUT2D eigenvalue weighted by molar-refractivity contribution is 9.10. The van der Waals surface area contributed by atoms with Crippen molar-refractivity contribution in [3.8, 4) is 0 Å². The first-order chi connectivity index (χ1) is 9.29. The largest absolute Gasteiger partial charge is 0.416 e. The summed E-state index contributed by atoms with van der Waals surface area (Å²) in [5.74, 6) is 0.945. The lowest BCUT2D eigenvalue weighted by Gasteiger charge is -2.36. The Hall–Kier alpha value is -0.710. The van der Waals surface area contributed by atoms with Gasteiger partial charge in [-0.3, -0.25) is 0 Å². The normalized spacial score (nSPS) is 27.4. The van der Waals surface area contributed by atoms with Crippen molar-refractivity contribution in [3.63, 3.8) is 0 Å². The number of nitrogens with one attached hydrogen (secondary N) is 1. The zero-order valence-electron chi connectivity index (χ0n) is 11.6. The van der Waals surface area contributed by atoms with Crippen molar-refractivity contribution >= 4 is 21.6 Å². The van der Waals surface area contributed by atoms with Crippen LogP contribution < -0.4 is 5.32 Å². The third-order valence-electron chi connectivity index (χ3n) is 4.16. The van der Waals surface area contributed by atoms with Crippen LogP contribution in [-0.4, -0.2) is 6.04 Å². The van der Waals surface area contributed by atoms with Crippen LogP contribution >= 0.6 is 15.9 Å². The predicted octanol–water partition coefficient (Wildman–Crippen LogP) is 5.70. The highest BCUT2D eigenvalue weighted by Crippen LogP contribution is 2.37. The summed E-state index contributed by atoms with van der Waals surface area (Å²) in [5, 5.41) is 3.31. The molecule has 112 valence electrons. The second-order valence-electron chi connectivity index (χ2n) is 5.75. The van der Waals surface area contributed by atoms with E-state index in [4.69, 9.17) is 0 Å². The number of hydrogen-bond donors (Lipinski definition) is 1. The van der Waals surface area contributed by atoms with Gasteiger partial charge in [-0.1, -0.05) is 20.3 Å². The lowest BCUT2D eigenvalue weighted by Crippen LogP contribution is -2.37. The molecule has 1 aliphatic rings. The Bertz CT molecular complexity index is 463. The topological polar surface area (TPSA) is 12.0 Å². The molecule has 1 saturated carbocycles. The van der Waals surface area contributed by atoms with Gasteiger partial charge in [0.2, 0.25) is 0 Å². The molecule has 1 fully saturated rings. The van der Waals surface area contributed by atoms with Crippen LogP contribution in [0.2, 0.25) is 0 Å². The van der Waals surface area contributed by atoms with E-state index < -0.39 is 11.7 Å². The fourth-order valence-corrected chi connectivity index (χ4v) is 3.32. The van der Waals surface area contributed by atoms with Crippen LogP contribution in [0.25, 0.3) is 0 Å². The van der Waals surface area contributed by atoms with Crippen LogP contribution in [0.15, 0.2) is 22.7 Å². The Morgan fingerprint density at radius 1 is 1.15 bits per heavy atom. The van der Waals surface area contributed by atoms with Gasteiger partial charge in [-0.15, -0.1) is 0 Å².